The molecule has 2 N–H and O–H groups in total. The smallest absolute Gasteiger partial charge is 0.310 e. The molecular formula is C28H52O4. The Morgan fingerprint density at radius 2 is 1.03 bits per heavy atom. The zero-order valence-corrected chi connectivity index (χ0v) is 21.4. The average Bonchev–Trinajstić information content (AvgIpc) is 2.75. The van der Waals surface area contributed by atoms with Gasteiger partial charge in [0.25, 0.3) is 0 Å². The molecule has 2 atom stereocenters. The van der Waals surface area contributed by atoms with Crippen LogP contribution in [0.2, 0.25) is 0 Å². The van der Waals surface area contributed by atoms with Crippen molar-refractivity contribution in [2.24, 2.45) is 16.7 Å². The van der Waals surface area contributed by atoms with E-state index < -0.39 is 22.8 Å². The van der Waals surface area contributed by atoms with E-state index in [1.807, 2.05) is 0 Å². The van der Waals surface area contributed by atoms with Crippen LogP contribution in [0.3, 0.4) is 0 Å². The number of hydrogen-bond donors (Lipinski definition) is 2. The van der Waals surface area contributed by atoms with Crippen LogP contribution in [0.5, 0.6) is 0 Å². The summed E-state index contributed by atoms with van der Waals surface area (Å²) in [6.07, 6.45) is 19.8. The maximum atomic E-state index is 12.6. The van der Waals surface area contributed by atoms with Crippen molar-refractivity contribution in [2.45, 2.75) is 149 Å². The first-order chi connectivity index (χ1) is 15.3. The highest BCUT2D eigenvalue weighted by Gasteiger charge is 2.61. The number of aliphatic carboxylic acids is 2. The predicted octanol–water partition coefficient (Wildman–Crippen LogP) is 8.62. The molecule has 32 heavy (non-hydrogen) atoms. The normalized spacial score (nSPS) is 23.5. The molecule has 0 aromatic carbocycles. The summed E-state index contributed by atoms with van der Waals surface area (Å²) >= 11 is 0. The molecule has 1 rings (SSSR count). The van der Waals surface area contributed by atoms with E-state index in [2.05, 4.69) is 20.8 Å². The van der Waals surface area contributed by atoms with Crippen LogP contribution in [-0.2, 0) is 9.59 Å². The van der Waals surface area contributed by atoms with Crippen molar-refractivity contribution in [3.8, 4) is 0 Å². The molecule has 0 amide bonds. The minimum atomic E-state index is -1.09. The number of carbonyl (C=O) groups is 2. The summed E-state index contributed by atoms with van der Waals surface area (Å²) in [5.74, 6) is -1.02. The van der Waals surface area contributed by atoms with Crippen molar-refractivity contribution >= 4 is 11.9 Å². The van der Waals surface area contributed by atoms with E-state index in [0.717, 1.165) is 51.4 Å². The van der Waals surface area contributed by atoms with Crippen LogP contribution >= 0.6 is 0 Å². The third-order valence-corrected chi connectivity index (χ3v) is 8.03. The van der Waals surface area contributed by atoms with Crippen LogP contribution in [0, 0.1) is 16.7 Å². The largest absolute Gasteiger partial charge is 0.481 e. The van der Waals surface area contributed by atoms with Gasteiger partial charge in [0, 0.05) is 0 Å². The monoisotopic (exact) mass is 452 g/mol. The third-order valence-electron chi connectivity index (χ3n) is 8.03. The Kier molecular flexibility index (Phi) is 14.2. The van der Waals surface area contributed by atoms with Crippen molar-refractivity contribution in [3.63, 3.8) is 0 Å². The Morgan fingerprint density at radius 3 is 1.41 bits per heavy atom. The number of hydrogen-bond acceptors (Lipinski definition) is 2. The third kappa shape index (κ3) is 8.71. The second-order valence-electron chi connectivity index (χ2n) is 10.9. The van der Waals surface area contributed by atoms with E-state index in [4.69, 9.17) is 0 Å². The van der Waals surface area contributed by atoms with Gasteiger partial charge in [-0.3, -0.25) is 9.59 Å². The van der Waals surface area contributed by atoms with E-state index in [-0.39, 0.29) is 0 Å². The minimum Gasteiger partial charge on any atom is -0.481 e. The van der Waals surface area contributed by atoms with Gasteiger partial charge in [-0.1, -0.05) is 124 Å². The van der Waals surface area contributed by atoms with Gasteiger partial charge in [0.2, 0.25) is 0 Å². The molecular weight excluding hydrogens is 400 g/mol. The summed E-state index contributed by atoms with van der Waals surface area (Å²) in [5, 5.41) is 20.7. The fraction of sp³-hybridized carbons (Fsp3) is 0.929. The lowest BCUT2D eigenvalue weighted by atomic mass is 9.52. The maximum absolute atomic E-state index is 12.6. The molecule has 1 fully saturated rings. The molecule has 4 nitrogen and oxygen atoms in total. The van der Waals surface area contributed by atoms with Crippen molar-refractivity contribution < 1.29 is 19.8 Å². The molecule has 0 aromatic heterocycles. The van der Waals surface area contributed by atoms with E-state index in [1.165, 1.54) is 51.4 Å². The Morgan fingerprint density at radius 1 is 0.656 bits per heavy atom. The highest BCUT2D eigenvalue weighted by molar-refractivity contribution is 5.87. The zero-order chi connectivity index (χ0) is 23.9. The lowest BCUT2D eigenvalue weighted by Gasteiger charge is -2.49. The minimum absolute atomic E-state index is 0.522. The second kappa shape index (κ2) is 15.7. The van der Waals surface area contributed by atoms with Crippen molar-refractivity contribution in [1.82, 2.24) is 0 Å². The lowest BCUT2D eigenvalue weighted by molar-refractivity contribution is -0.182. The van der Waals surface area contributed by atoms with Crippen LogP contribution in [0.1, 0.15) is 149 Å². The van der Waals surface area contributed by atoms with Crippen LogP contribution in [0.25, 0.3) is 0 Å². The summed E-state index contributed by atoms with van der Waals surface area (Å²) in [6, 6.07) is 0. The van der Waals surface area contributed by atoms with Gasteiger partial charge in [-0.05, 0) is 31.6 Å². The molecule has 2 unspecified atom stereocenters. The molecule has 188 valence electrons. The summed E-state index contributed by atoms with van der Waals surface area (Å²) in [4.78, 5) is 25.2. The van der Waals surface area contributed by atoms with E-state index in [1.54, 1.807) is 0 Å². The van der Waals surface area contributed by atoms with Gasteiger partial charge in [-0.2, -0.15) is 0 Å². The van der Waals surface area contributed by atoms with Crippen molar-refractivity contribution in [1.29, 1.82) is 0 Å². The van der Waals surface area contributed by atoms with Gasteiger partial charge in [-0.25, -0.2) is 0 Å². The highest BCUT2D eigenvalue weighted by atomic mass is 16.4. The first-order valence-corrected chi connectivity index (χ1v) is 13.8. The van der Waals surface area contributed by atoms with Gasteiger partial charge in [-0.15, -0.1) is 0 Å². The Balaban J connectivity index is 2.66. The van der Waals surface area contributed by atoms with Crippen molar-refractivity contribution in [2.75, 3.05) is 0 Å². The Hall–Kier alpha value is -1.06. The SMILES string of the molecule is CCCCCCCCCCCC1(C(=O)O)CCCCC1(CCCCCCC(C)C)C(=O)O. The van der Waals surface area contributed by atoms with Gasteiger partial charge in [0.05, 0.1) is 10.8 Å². The van der Waals surface area contributed by atoms with Gasteiger partial charge in [0.1, 0.15) is 0 Å². The Labute approximate surface area is 197 Å². The molecule has 1 aliphatic carbocycles. The van der Waals surface area contributed by atoms with Gasteiger partial charge in [0.15, 0.2) is 0 Å². The fourth-order valence-electron chi connectivity index (χ4n) is 5.97. The van der Waals surface area contributed by atoms with Crippen molar-refractivity contribution in [3.05, 3.63) is 0 Å². The lowest BCUT2D eigenvalue weighted by Crippen LogP contribution is -2.54. The van der Waals surface area contributed by atoms with Crippen LogP contribution in [0.15, 0.2) is 0 Å². The topological polar surface area (TPSA) is 74.6 Å². The van der Waals surface area contributed by atoms with Crippen LogP contribution in [0.4, 0.5) is 0 Å². The molecule has 0 aromatic rings. The molecule has 0 bridgehead atoms. The molecule has 0 heterocycles. The molecule has 4 heteroatoms. The number of unbranched alkanes of at least 4 members (excludes halogenated alkanes) is 11. The van der Waals surface area contributed by atoms with Crippen LogP contribution < -0.4 is 0 Å². The standard InChI is InChI=1S/C28H52O4/c1-4-5-6-7-8-9-10-12-15-20-27(25(29)30)22-17-18-23-28(27,26(31)32)21-16-13-11-14-19-24(2)3/h24H,4-23H2,1-3H3,(H,29,30)(H,31,32). The molecule has 0 spiro atoms. The number of carboxylic acids is 2. The predicted molar refractivity (Wildman–Crippen MR) is 133 cm³/mol. The van der Waals surface area contributed by atoms with E-state index in [0.29, 0.717) is 31.6 Å². The van der Waals surface area contributed by atoms with E-state index >= 15 is 0 Å². The fourth-order valence-corrected chi connectivity index (χ4v) is 5.97. The average molecular weight is 453 g/mol. The zero-order valence-electron chi connectivity index (χ0n) is 21.4. The quantitative estimate of drug-likeness (QED) is 0.192. The van der Waals surface area contributed by atoms with E-state index in [9.17, 15) is 19.8 Å². The number of carboxylic acid groups (broad SMARTS) is 2. The van der Waals surface area contributed by atoms with Gasteiger partial charge < -0.3 is 10.2 Å². The summed E-state index contributed by atoms with van der Waals surface area (Å²) in [5.41, 5.74) is -2.18. The highest BCUT2D eigenvalue weighted by Crippen LogP contribution is 2.57. The van der Waals surface area contributed by atoms with Gasteiger partial charge >= 0.3 is 11.9 Å². The number of rotatable bonds is 19. The molecule has 1 saturated carbocycles. The first kappa shape index (κ1) is 29.0. The Bertz CT molecular complexity index is 530. The summed E-state index contributed by atoms with van der Waals surface area (Å²) in [6.45, 7) is 6.69. The van der Waals surface area contributed by atoms with Crippen LogP contribution in [-0.4, -0.2) is 22.2 Å². The second-order valence-corrected chi connectivity index (χ2v) is 10.9. The molecule has 0 saturated heterocycles. The summed E-state index contributed by atoms with van der Waals surface area (Å²) in [7, 11) is 0. The molecule has 1 aliphatic rings. The first-order valence-electron chi connectivity index (χ1n) is 13.8. The maximum Gasteiger partial charge on any atom is 0.310 e. The molecule has 0 radical (unpaired) electrons. The summed E-state index contributed by atoms with van der Waals surface area (Å²) < 4.78 is 0. The molecule has 0 aliphatic heterocycles.